The molecule has 2 N–H and O–H groups in total. The molecule has 0 radical (unpaired) electrons. The zero-order chi connectivity index (χ0) is 21.9. The number of hydrogen-bond acceptors (Lipinski definition) is 5. The first-order chi connectivity index (χ1) is 15.1. The Morgan fingerprint density at radius 2 is 1.84 bits per heavy atom. The lowest BCUT2D eigenvalue weighted by atomic mass is 10.0. The summed E-state index contributed by atoms with van der Waals surface area (Å²) in [5.41, 5.74) is 2.42. The van der Waals surface area contributed by atoms with Gasteiger partial charge in [-0.05, 0) is 30.2 Å². The van der Waals surface area contributed by atoms with E-state index in [1.165, 1.54) is 17.7 Å². The molecule has 0 atom stereocenters. The lowest BCUT2D eigenvalue weighted by Gasteiger charge is -2.33. The molecule has 1 saturated heterocycles. The summed E-state index contributed by atoms with van der Waals surface area (Å²) in [6.07, 6.45) is 4.24. The number of non-ortho nitro benzene ring substituents is 1. The summed E-state index contributed by atoms with van der Waals surface area (Å²) >= 11 is 1.79. The number of likely N-dealkylation sites (tertiary alicyclic amines) is 1. The van der Waals surface area contributed by atoms with Crippen LogP contribution in [0.5, 0.6) is 0 Å². The molecule has 0 aromatic heterocycles. The number of guanidine groups is 1. The molecule has 166 valence electrons. The number of nitrogens with one attached hydrogen (secondary N) is 2. The first kappa shape index (κ1) is 23.1. The Kier molecular flexibility index (Phi) is 9.17. The molecule has 8 heteroatoms. The van der Waals surface area contributed by atoms with E-state index in [1.807, 2.05) is 0 Å². The van der Waals surface area contributed by atoms with Crippen molar-refractivity contribution in [2.75, 3.05) is 31.6 Å². The van der Waals surface area contributed by atoms with Crippen molar-refractivity contribution in [2.45, 2.75) is 32.0 Å². The van der Waals surface area contributed by atoms with E-state index in [9.17, 15) is 10.1 Å². The van der Waals surface area contributed by atoms with Crippen molar-refractivity contribution in [2.24, 2.45) is 4.99 Å². The third-order valence-electron chi connectivity index (χ3n) is 5.34. The Bertz CT molecular complexity index is 837. The van der Waals surface area contributed by atoms with E-state index in [0.29, 0.717) is 12.6 Å². The van der Waals surface area contributed by atoms with Crippen molar-refractivity contribution >= 4 is 23.4 Å². The zero-order valence-electron chi connectivity index (χ0n) is 18.0. The van der Waals surface area contributed by atoms with E-state index in [1.54, 1.807) is 23.9 Å². The Morgan fingerprint density at radius 3 is 2.48 bits per heavy atom. The molecule has 2 aromatic carbocycles. The van der Waals surface area contributed by atoms with Crippen LogP contribution in [0.25, 0.3) is 0 Å². The quantitative estimate of drug-likeness (QED) is 0.203. The van der Waals surface area contributed by atoms with Crippen LogP contribution in [-0.2, 0) is 13.1 Å². The topological polar surface area (TPSA) is 82.8 Å². The molecule has 3 rings (SSSR count). The maximum Gasteiger partial charge on any atom is 0.269 e. The van der Waals surface area contributed by atoms with E-state index >= 15 is 0 Å². The molecule has 0 amide bonds. The third kappa shape index (κ3) is 7.88. The molecular weight excluding hydrogens is 410 g/mol. The summed E-state index contributed by atoms with van der Waals surface area (Å²) in [5.74, 6) is 1.82. The number of benzene rings is 2. The average Bonchev–Trinajstić information content (AvgIpc) is 2.79. The monoisotopic (exact) mass is 441 g/mol. The summed E-state index contributed by atoms with van der Waals surface area (Å²) in [6.45, 7) is 4.46. The number of thioether (sulfide) groups is 1. The summed E-state index contributed by atoms with van der Waals surface area (Å²) in [4.78, 5) is 17.7. The highest BCUT2D eigenvalue weighted by Crippen LogP contribution is 2.15. The number of nitro benzene ring substituents is 1. The molecule has 2 aromatic rings. The molecule has 0 unspecified atom stereocenters. The van der Waals surface area contributed by atoms with Crippen molar-refractivity contribution in [3.05, 3.63) is 75.8 Å². The van der Waals surface area contributed by atoms with E-state index in [0.717, 1.165) is 56.3 Å². The van der Waals surface area contributed by atoms with E-state index in [-0.39, 0.29) is 10.6 Å². The van der Waals surface area contributed by atoms with Crippen LogP contribution in [0.2, 0.25) is 0 Å². The Labute approximate surface area is 188 Å². The average molecular weight is 442 g/mol. The lowest BCUT2D eigenvalue weighted by Crippen LogP contribution is -2.49. The Hall–Kier alpha value is -2.58. The fourth-order valence-corrected chi connectivity index (χ4v) is 3.89. The maximum absolute atomic E-state index is 10.8. The minimum Gasteiger partial charge on any atom is -0.356 e. The second-order valence-electron chi connectivity index (χ2n) is 7.69. The Balaban J connectivity index is 1.52. The van der Waals surface area contributed by atoms with Gasteiger partial charge in [-0.25, -0.2) is 4.99 Å². The number of piperidine rings is 1. The van der Waals surface area contributed by atoms with Gasteiger partial charge in [0.1, 0.15) is 0 Å². The van der Waals surface area contributed by atoms with Gasteiger partial charge in [0.25, 0.3) is 5.69 Å². The van der Waals surface area contributed by atoms with Crippen molar-refractivity contribution in [1.29, 1.82) is 0 Å². The highest BCUT2D eigenvalue weighted by molar-refractivity contribution is 7.98. The van der Waals surface area contributed by atoms with Gasteiger partial charge < -0.3 is 10.6 Å². The van der Waals surface area contributed by atoms with Crippen molar-refractivity contribution in [3.8, 4) is 0 Å². The summed E-state index contributed by atoms with van der Waals surface area (Å²) in [5, 5.41) is 17.8. The van der Waals surface area contributed by atoms with Gasteiger partial charge in [-0.15, -0.1) is 0 Å². The first-order valence-electron chi connectivity index (χ1n) is 10.7. The van der Waals surface area contributed by atoms with Crippen LogP contribution in [0.1, 0.15) is 24.0 Å². The third-order valence-corrected chi connectivity index (χ3v) is 5.96. The minimum absolute atomic E-state index is 0.103. The fraction of sp³-hybridized carbons (Fsp3) is 0.435. The normalized spacial score (nSPS) is 15.6. The van der Waals surface area contributed by atoms with Crippen LogP contribution in [0.4, 0.5) is 5.69 Å². The number of rotatable bonds is 9. The minimum atomic E-state index is -0.381. The highest BCUT2D eigenvalue weighted by atomic mass is 32.2. The van der Waals surface area contributed by atoms with E-state index in [2.05, 4.69) is 52.1 Å². The van der Waals surface area contributed by atoms with Gasteiger partial charge in [-0.2, -0.15) is 11.8 Å². The first-order valence-corrected chi connectivity index (χ1v) is 12.1. The summed E-state index contributed by atoms with van der Waals surface area (Å²) in [7, 11) is 0. The Morgan fingerprint density at radius 1 is 1.13 bits per heavy atom. The molecule has 1 aliphatic rings. The molecule has 31 heavy (non-hydrogen) atoms. The SMILES string of the molecule is CSCCNC(=NCc1ccc([N+](=O)[O-])cc1)NC1CCN(Cc2ccccc2)CC1. The van der Waals surface area contributed by atoms with Crippen LogP contribution in [-0.4, -0.2) is 53.5 Å². The lowest BCUT2D eigenvalue weighted by molar-refractivity contribution is -0.384. The highest BCUT2D eigenvalue weighted by Gasteiger charge is 2.20. The van der Waals surface area contributed by atoms with Crippen molar-refractivity contribution < 1.29 is 4.92 Å². The number of nitro groups is 1. The van der Waals surface area contributed by atoms with Gasteiger partial charge in [0.15, 0.2) is 5.96 Å². The molecular formula is C23H31N5O2S. The standard InChI is InChI=1S/C23H31N5O2S/c1-31-16-13-24-23(25-17-19-7-9-22(10-8-19)28(29)30)26-21-11-14-27(15-12-21)18-20-5-3-2-4-6-20/h2-10,21H,11-18H2,1H3,(H2,24,25,26). The molecule has 0 bridgehead atoms. The number of nitrogens with zero attached hydrogens (tertiary/aromatic N) is 3. The van der Waals surface area contributed by atoms with Gasteiger partial charge in [-0.1, -0.05) is 42.5 Å². The van der Waals surface area contributed by atoms with Gasteiger partial charge >= 0.3 is 0 Å². The van der Waals surface area contributed by atoms with Crippen molar-refractivity contribution in [1.82, 2.24) is 15.5 Å². The van der Waals surface area contributed by atoms with Gasteiger partial charge in [0, 0.05) is 50.1 Å². The van der Waals surface area contributed by atoms with Crippen molar-refractivity contribution in [3.63, 3.8) is 0 Å². The van der Waals surface area contributed by atoms with Gasteiger partial charge in [0.05, 0.1) is 11.5 Å². The molecule has 0 spiro atoms. The largest absolute Gasteiger partial charge is 0.356 e. The predicted molar refractivity (Wildman–Crippen MR) is 128 cm³/mol. The summed E-state index contributed by atoms with van der Waals surface area (Å²) < 4.78 is 0. The molecule has 1 fully saturated rings. The molecule has 7 nitrogen and oxygen atoms in total. The van der Waals surface area contributed by atoms with Gasteiger partial charge in [0.2, 0.25) is 0 Å². The van der Waals surface area contributed by atoms with Gasteiger partial charge in [-0.3, -0.25) is 15.0 Å². The summed E-state index contributed by atoms with van der Waals surface area (Å²) in [6, 6.07) is 17.6. The molecule has 1 heterocycles. The van der Waals surface area contributed by atoms with Crippen LogP contribution < -0.4 is 10.6 Å². The predicted octanol–water partition coefficient (Wildman–Crippen LogP) is 3.66. The van der Waals surface area contributed by atoms with Crippen LogP contribution in [0.15, 0.2) is 59.6 Å². The molecule has 0 aliphatic carbocycles. The van der Waals surface area contributed by atoms with Crippen LogP contribution in [0.3, 0.4) is 0 Å². The fourth-order valence-electron chi connectivity index (χ4n) is 3.59. The van der Waals surface area contributed by atoms with E-state index in [4.69, 9.17) is 4.99 Å². The number of hydrogen-bond donors (Lipinski definition) is 2. The maximum atomic E-state index is 10.8. The zero-order valence-corrected chi connectivity index (χ0v) is 18.8. The van der Waals surface area contributed by atoms with Crippen LogP contribution in [0, 0.1) is 10.1 Å². The second-order valence-corrected chi connectivity index (χ2v) is 8.67. The van der Waals surface area contributed by atoms with E-state index < -0.39 is 0 Å². The second kappa shape index (κ2) is 12.3. The molecule has 0 saturated carbocycles. The number of aliphatic imine (C=N–C) groups is 1. The van der Waals surface area contributed by atoms with Crippen LogP contribution >= 0.6 is 11.8 Å². The molecule has 1 aliphatic heterocycles. The smallest absolute Gasteiger partial charge is 0.269 e.